The second kappa shape index (κ2) is 9.14. The molecule has 0 atom stereocenters. The Morgan fingerprint density at radius 2 is 2.03 bits per heavy atom. The topological polar surface area (TPSA) is 101 Å². The highest BCUT2D eigenvalue weighted by molar-refractivity contribution is 6.32. The Kier molecular flexibility index (Phi) is 6.32. The van der Waals surface area contributed by atoms with Crippen molar-refractivity contribution in [2.24, 2.45) is 0 Å². The summed E-state index contributed by atoms with van der Waals surface area (Å²) in [5.41, 5.74) is 4.46. The minimum atomic E-state index is -0.617. The summed E-state index contributed by atoms with van der Waals surface area (Å²) in [5.74, 6) is 0.923. The second-order valence-electron chi connectivity index (χ2n) is 8.16. The zero-order valence-corrected chi connectivity index (χ0v) is 18.5. The van der Waals surface area contributed by atoms with E-state index < -0.39 is 5.76 Å². The number of aromatic hydroxyl groups is 1. The fourth-order valence-electron chi connectivity index (χ4n) is 4.20. The molecule has 164 valence electrons. The third kappa shape index (κ3) is 4.77. The molecule has 0 bridgehead atoms. The molecule has 8 heteroatoms. The van der Waals surface area contributed by atoms with Crippen molar-refractivity contribution in [3.63, 3.8) is 0 Å². The summed E-state index contributed by atoms with van der Waals surface area (Å²) in [6.45, 7) is 3.95. The van der Waals surface area contributed by atoms with E-state index in [2.05, 4.69) is 14.7 Å². The first-order chi connectivity index (χ1) is 14.9. The lowest BCUT2D eigenvalue weighted by molar-refractivity contribution is 0.283. The molecule has 1 saturated carbocycles. The molecule has 0 unspecified atom stereocenters. The third-order valence-electron chi connectivity index (χ3n) is 5.95. The van der Waals surface area contributed by atoms with Crippen LogP contribution in [0.4, 0.5) is 0 Å². The first-order valence-electron chi connectivity index (χ1n) is 10.6. The van der Waals surface area contributed by atoms with E-state index in [1.54, 1.807) is 6.07 Å². The fraction of sp³-hybridized carbons (Fsp3) is 0.435. The predicted molar refractivity (Wildman–Crippen MR) is 117 cm³/mol. The number of hydrogen-bond acceptors (Lipinski definition) is 6. The molecule has 4 rings (SSSR count). The molecule has 1 aliphatic rings. The maximum absolute atomic E-state index is 11.1. The monoisotopic (exact) mass is 443 g/mol. The molecule has 0 amide bonds. The Morgan fingerprint density at radius 1 is 1.26 bits per heavy atom. The number of benzene rings is 1. The number of halogens is 1. The van der Waals surface area contributed by atoms with Crippen LogP contribution < -0.4 is 10.5 Å². The van der Waals surface area contributed by atoms with Gasteiger partial charge >= 0.3 is 5.76 Å². The molecule has 3 aromatic rings. The molecule has 1 aromatic carbocycles. The third-order valence-corrected chi connectivity index (χ3v) is 6.46. The van der Waals surface area contributed by atoms with Gasteiger partial charge in [-0.3, -0.25) is 14.5 Å². The average molecular weight is 444 g/mol. The first-order valence-corrected chi connectivity index (χ1v) is 10.9. The van der Waals surface area contributed by atoms with Crippen molar-refractivity contribution in [3.8, 4) is 11.5 Å². The average Bonchev–Trinajstić information content (AvgIpc) is 3.19. The lowest BCUT2D eigenvalue weighted by atomic mass is 9.86. The molecule has 31 heavy (non-hydrogen) atoms. The Bertz CT molecular complexity index is 1130. The van der Waals surface area contributed by atoms with E-state index in [1.165, 1.54) is 19.3 Å². The Hall–Kier alpha value is -2.80. The summed E-state index contributed by atoms with van der Waals surface area (Å²) in [5, 5.41) is 14.6. The van der Waals surface area contributed by atoms with E-state index in [-0.39, 0.29) is 12.4 Å². The lowest BCUT2D eigenvalue weighted by Crippen LogP contribution is -2.09. The molecule has 0 radical (unpaired) electrons. The van der Waals surface area contributed by atoms with Crippen LogP contribution in [0, 0.1) is 13.8 Å². The van der Waals surface area contributed by atoms with Gasteiger partial charge in [0.15, 0.2) is 5.82 Å². The van der Waals surface area contributed by atoms with Crippen molar-refractivity contribution in [2.75, 3.05) is 0 Å². The van der Waals surface area contributed by atoms with Gasteiger partial charge in [-0.05, 0) is 56.0 Å². The number of aromatic amines is 1. The van der Waals surface area contributed by atoms with Gasteiger partial charge in [0.25, 0.3) is 0 Å². The van der Waals surface area contributed by atoms with Crippen LogP contribution in [-0.4, -0.2) is 20.2 Å². The maximum Gasteiger partial charge on any atom is 0.439 e. The van der Waals surface area contributed by atoms with Crippen molar-refractivity contribution < 1.29 is 14.4 Å². The molecule has 1 fully saturated rings. The van der Waals surface area contributed by atoms with Crippen LogP contribution in [0.2, 0.25) is 5.02 Å². The van der Waals surface area contributed by atoms with Gasteiger partial charge in [-0.15, -0.1) is 0 Å². The number of hydrogen-bond donors (Lipinski definition) is 2. The molecule has 2 heterocycles. The normalized spacial score (nSPS) is 14.7. The van der Waals surface area contributed by atoms with Crippen molar-refractivity contribution >= 4 is 11.6 Å². The van der Waals surface area contributed by atoms with Crippen molar-refractivity contribution in [3.05, 3.63) is 67.7 Å². The number of pyridine rings is 1. The molecular weight excluding hydrogens is 418 g/mol. The molecule has 0 spiro atoms. The number of aryl methyl sites for hydroxylation is 1. The highest BCUT2D eigenvalue weighted by atomic mass is 35.5. The van der Waals surface area contributed by atoms with Gasteiger partial charge in [0.05, 0.1) is 10.7 Å². The van der Waals surface area contributed by atoms with Gasteiger partial charge in [-0.1, -0.05) is 36.0 Å². The van der Waals surface area contributed by atoms with Gasteiger partial charge in [0, 0.05) is 23.6 Å². The summed E-state index contributed by atoms with van der Waals surface area (Å²) >= 11 is 6.71. The van der Waals surface area contributed by atoms with E-state index in [9.17, 15) is 9.90 Å². The van der Waals surface area contributed by atoms with Gasteiger partial charge in [-0.2, -0.15) is 0 Å². The molecule has 1 aliphatic carbocycles. The number of nitrogens with zero attached hydrogens (tertiary/aromatic N) is 2. The van der Waals surface area contributed by atoms with Crippen LogP contribution in [0.1, 0.15) is 71.9 Å². The highest BCUT2D eigenvalue weighted by Gasteiger charge is 2.21. The van der Waals surface area contributed by atoms with Crippen molar-refractivity contribution in [1.82, 2.24) is 15.1 Å². The summed E-state index contributed by atoms with van der Waals surface area (Å²) in [6.07, 6.45) is 6.35. The predicted octanol–water partition coefficient (Wildman–Crippen LogP) is 4.95. The quantitative estimate of drug-likeness (QED) is 0.558. The van der Waals surface area contributed by atoms with E-state index in [1.807, 2.05) is 26.0 Å². The number of aromatic nitrogens is 3. The van der Waals surface area contributed by atoms with Gasteiger partial charge < -0.3 is 9.84 Å². The zero-order valence-electron chi connectivity index (χ0n) is 17.7. The van der Waals surface area contributed by atoms with Gasteiger partial charge in [-0.25, -0.2) is 4.79 Å². The van der Waals surface area contributed by atoms with Gasteiger partial charge in [0.1, 0.15) is 18.1 Å². The smallest absolute Gasteiger partial charge is 0.439 e. The highest BCUT2D eigenvalue weighted by Crippen LogP contribution is 2.37. The van der Waals surface area contributed by atoms with Gasteiger partial charge in [0.2, 0.25) is 0 Å². The van der Waals surface area contributed by atoms with Crippen molar-refractivity contribution in [1.29, 1.82) is 0 Å². The van der Waals surface area contributed by atoms with Crippen LogP contribution in [0.25, 0.3) is 0 Å². The number of rotatable bonds is 6. The Balaban J connectivity index is 1.56. The Morgan fingerprint density at radius 3 is 2.74 bits per heavy atom. The van der Waals surface area contributed by atoms with E-state index >= 15 is 0 Å². The standard InChI is InChI=1S/C23H26ClN3O4/c1-13-10-19(30-12-20-26-23(29)31-27-20)14(2)21(24)17(13)11-16-8-9-18(28)22(25-16)15-6-4-3-5-7-15/h8-10,15,28H,3-7,11-12H2,1-2H3,(H,26,27,29). The molecule has 2 aromatic heterocycles. The number of H-pyrrole nitrogens is 1. The second-order valence-corrected chi connectivity index (χ2v) is 8.54. The fourth-order valence-corrected chi connectivity index (χ4v) is 4.51. The van der Waals surface area contributed by atoms with Crippen LogP contribution in [0.5, 0.6) is 11.5 Å². The van der Waals surface area contributed by atoms with Crippen LogP contribution in [0.15, 0.2) is 27.5 Å². The number of nitrogens with one attached hydrogen (secondary N) is 1. The minimum Gasteiger partial charge on any atom is -0.506 e. The van der Waals surface area contributed by atoms with E-state index in [0.29, 0.717) is 28.9 Å². The summed E-state index contributed by atoms with van der Waals surface area (Å²) in [4.78, 5) is 18.3. The molecule has 0 saturated heterocycles. The zero-order chi connectivity index (χ0) is 22.0. The molecule has 7 nitrogen and oxygen atoms in total. The molecule has 0 aliphatic heterocycles. The SMILES string of the molecule is Cc1cc(OCc2noc(=O)[nH]2)c(C)c(Cl)c1Cc1ccc(O)c(C2CCCCC2)n1. The Labute approximate surface area is 185 Å². The van der Waals surface area contributed by atoms with E-state index in [4.69, 9.17) is 21.3 Å². The van der Waals surface area contributed by atoms with E-state index in [0.717, 1.165) is 40.9 Å². The van der Waals surface area contributed by atoms with Crippen LogP contribution in [0.3, 0.4) is 0 Å². The first kappa shape index (κ1) is 21.4. The van der Waals surface area contributed by atoms with Crippen LogP contribution >= 0.6 is 11.6 Å². The van der Waals surface area contributed by atoms with Crippen molar-refractivity contribution in [2.45, 2.75) is 64.9 Å². The number of ether oxygens (including phenoxy) is 1. The lowest BCUT2D eigenvalue weighted by Gasteiger charge is -2.22. The van der Waals surface area contributed by atoms with Crippen LogP contribution in [-0.2, 0) is 13.0 Å². The largest absolute Gasteiger partial charge is 0.506 e. The maximum atomic E-state index is 11.1. The molecular formula is C23H26ClN3O4. The minimum absolute atomic E-state index is 0.0754. The molecule has 2 N–H and O–H groups in total. The summed E-state index contributed by atoms with van der Waals surface area (Å²) in [7, 11) is 0. The summed E-state index contributed by atoms with van der Waals surface area (Å²) in [6, 6.07) is 5.54. The summed E-state index contributed by atoms with van der Waals surface area (Å²) < 4.78 is 10.3.